The fourth-order valence-electron chi connectivity index (χ4n) is 3.65. The highest BCUT2D eigenvalue weighted by atomic mass is 16.5. The highest BCUT2D eigenvalue weighted by Crippen LogP contribution is 2.18. The molecule has 1 unspecified atom stereocenters. The van der Waals surface area contributed by atoms with Crippen molar-refractivity contribution in [1.29, 1.82) is 0 Å². The van der Waals surface area contributed by atoms with Crippen LogP contribution in [0.4, 0.5) is 5.69 Å². The summed E-state index contributed by atoms with van der Waals surface area (Å²) in [4.78, 5) is 21.5. The molecule has 6 nitrogen and oxygen atoms in total. The molecule has 0 saturated carbocycles. The quantitative estimate of drug-likeness (QED) is 0.848. The first-order chi connectivity index (χ1) is 12.1. The van der Waals surface area contributed by atoms with Gasteiger partial charge in [0.15, 0.2) is 0 Å². The number of ether oxygens (including phenoxy) is 1. The van der Waals surface area contributed by atoms with Crippen molar-refractivity contribution in [3.63, 3.8) is 0 Å². The Kier molecular flexibility index (Phi) is 6.26. The van der Waals surface area contributed by atoms with Gasteiger partial charge in [-0.05, 0) is 36.9 Å². The summed E-state index contributed by atoms with van der Waals surface area (Å²) in [5.41, 5.74) is 1.55. The van der Waals surface area contributed by atoms with E-state index in [0.717, 1.165) is 64.6 Å². The van der Waals surface area contributed by atoms with Crippen LogP contribution in [0.2, 0.25) is 0 Å². The zero-order chi connectivity index (χ0) is 17.6. The van der Waals surface area contributed by atoms with Crippen molar-refractivity contribution in [2.24, 2.45) is 11.8 Å². The number of carbonyl (C=O) groups is 1. The van der Waals surface area contributed by atoms with Crippen molar-refractivity contribution >= 4 is 11.6 Å². The maximum Gasteiger partial charge on any atom is 0.269 e. The van der Waals surface area contributed by atoms with E-state index in [2.05, 4.69) is 33.9 Å². The van der Waals surface area contributed by atoms with Crippen LogP contribution in [-0.2, 0) is 4.74 Å². The van der Waals surface area contributed by atoms with Crippen LogP contribution in [0.15, 0.2) is 18.3 Å². The van der Waals surface area contributed by atoms with Crippen LogP contribution in [0.25, 0.3) is 0 Å². The highest BCUT2D eigenvalue weighted by Gasteiger charge is 2.23. The van der Waals surface area contributed by atoms with Gasteiger partial charge < -0.3 is 19.9 Å². The lowest BCUT2D eigenvalue weighted by Crippen LogP contribution is -2.36. The van der Waals surface area contributed by atoms with Gasteiger partial charge in [-0.3, -0.25) is 9.78 Å². The van der Waals surface area contributed by atoms with E-state index in [1.165, 1.54) is 0 Å². The summed E-state index contributed by atoms with van der Waals surface area (Å²) in [7, 11) is 0. The van der Waals surface area contributed by atoms with E-state index < -0.39 is 0 Å². The standard InChI is InChI=1S/C19H30N4O2/c1-15(2)13-22-6-4-16(14-22)12-21-19(24)18-11-17(3-5-20-18)23-7-9-25-10-8-23/h3,5,11,15-16H,4,6-10,12-14H2,1-2H3,(H,21,24). The van der Waals surface area contributed by atoms with Crippen LogP contribution in [0.5, 0.6) is 0 Å². The summed E-state index contributed by atoms with van der Waals surface area (Å²) in [6.45, 7) is 11.8. The smallest absolute Gasteiger partial charge is 0.269 e. The molecule has 2 saturated heterocycles. The van der Waals surface area contributed by atoms with Crippen LogP contribution >= 0.6 is 0 Å². The van der Waals surface area contributed by atoms with E-state index in [4.69, 9.17) is 4.74 Å². The van der Waals surface area contributed by atoms with E-state index in [-0.39, 0.29) is 5.91 Å². The number of amides is 1. The Morgan fingerprint density at radius 1 is 1.36 bits per heavy atom. The third-order valence-electron chi connectivity index (χ3n) is 4.90. The first-order valence-corrected chi connectivity index (χ1v) is 9.41. The minimum atomic E-state index is -0.0718. The van der Waals surface area contributed by atoms with Gasteiger partial charge in [-0.1, -0.05) is 13.8 Å². The average Bonchev–Trinajstić information content (AvgIpc) is 3.07. The van der Waals surface area contributed by atoms with Crippen molar-refractivity contribution in [3.05, 3.63) is 24.0 Å². The number of rotatable bonds is 6. The van der Waals surface area contributed by atoms with Crippen LogP contribution in [-0.4, -0.2) is 68.3 Å². The number of morpholine rings is 1. The molecule has 25 heavy (non-hydrogen) atoms. The Hall–Kier alpha value is -1.66. The van der Waals surface area contributed by atoms with Gasteiger partial charge in [0.25, 0.3) is 5.91 Å². The second-order valence-corrected chi connectivity index (χ2v) is 7.52. The van der Waals surface area contributed by atoms with Gasteiger partial charge in [0.05, 0.1) is 13.2 Å². The molecule has 1 amide bonds. The third kappa shape index (κ3) is 5.16. The zero-order valence-corrected chi connectivity index (χ0v) is 15.4. The van der Waals surface area contributed by atoms with Crippen molar-refractivity contribution in [2.75, 3.05) is 57.4 Å². The van der Waals surface area contributed by atoms with Crippen molar-refractivity contribution in [2.45, 2.75) is 20.3 Å². The maximum absolute atomic E-state index is 12.5. The summed E-state index contributed by atoms with van der Waals surface area (Å²) in [5, 5.41) is 3.07. The van der Waals surface area contributed by atoms with Crippen LogP contribution in [0.1, 0.15) is 30.8 Å². The molecular formula is C19H30N4O2. The SMILES string of the molecule is CC(C)CN1CCC(CNC(=O)c2cc(N3CCOCC3)ccn2)C1. The number of carbonyl (C=O) groups excluding carboxylic acids is 1. The van der Waals surface area contributed by atoms with E-state index in [0.29, 0.717) is 17.5 Å². The first-order valence-electron chi connectivity index (χ1n) is 9.41. The van der Waals surface area contributed by atoms with Crippen LogP contribution < -0.4 is 10.2 Å². The maximum atomic E-state index is 12.5. The molecule has 3 rings (SSSR count). The van der Waals surface area contributed by atoms with E-state index in [9.17, 15) is 4.79 Å². The molecule has 0 bridgehead atoms. The molecule has 0 spiro atoms. The number of aromatic nitrogens is 1. The van der Waals surface area contributed by atoms with E-state index in [1.807, 2.05) is 12.1 Å². The zero-order valence-electron chi connectivity index (χ0n) is 15.4. The molecule has 0 aromatic carbocycles. The van der Waals surface area contributed by atoms with Crippen molar-refractivity contribution in [3.8, 4) is 0 Å². The summed E-state index contributed by atoms with van der Waals surface area (Å²) >= 11 is 0. The highest BCUT2D eigenvalue weighted by molar-refractivity contribution is 5.93. The molecule has 3 heterocycles. The lowest BCUT2D eigenvalue weighted by molar-refractivity contribution is 0.0942. The number of nitrogens with one attached hydrogen (secondary N) is 1. The van der Waals surface area contributed by atoms with Gasteiger partial charge in [0, 0.05) is 44.6 Å². The third-order valence-corrected chi connectivity index (χ3v) is 4.90. The normalized spacial score (nSPS) is 21.7. The second kappa shape index (κ2) is 8.63. The van der Waals surface area contributed by atoms with Crippen molar-refractivity contribution < 1.29 is 9.53 Å². The number of pyridine rings is 1. The Balaban J connectivity index is 1.50. The van der Waals surface area contributed by atoms with Crippen LogP contribution in [0.3, 0.4) is 0 Å². The topological polar surface area (TPSA) is 57.7 Å². The molecule has 1 atom stereocenters. The van der Waals surface area contributed by atoms with Gasteiger partial charge in [-0.2, -0.15) is 0 Å². The molecule has 1 N–H and O–H groups in total. The summed E-state index contributed by atoms with van der Waals surface area (Å²) in [6, 6.07) is 3.85. The van der Waals surface area contributed by atoms with E-state index >= 15 is 0 Å². The number of hydrogen-bond acceptors (Lipinski definition) is 5. The van der Waals surface area contributed by atoms with Gasteiger partial charge in [-0.15, -0.1) is 0 Å². The number of likely N-dealkylation sites (tertiary alicyclic amines) is 1. The minimum Gasteiger partial charge on any atom is -0.378 e. The monoisotopic (exact) mass is 346 g/mol. The van der Waals surface area contributed by atoms with Gasteiger partial charge >= 0.3 is 0 Å². The molecule has 138 valence electrons. The molecule has 1 aromatic rings. The number of hydrogen-bond donors (Lipinski definition) is 1. The molecule has 0 aliphatic carbocycles. The average molecular weight is 346 g/mol. The molecule has 2 fully saturated rings. The van der Waals surface area contributed by atoms with Gasteiger partial charge in [0.2, 0.25) is 0 Å². The number of nitrogens with zero attached hydrogens (tertiary/aromatic N) is 3. The van der Waals surface area contributed by atoms with Crippen molar-refractivity contribution in [1.82, 2.24) is 15.2 Å². The predicted octanol–water partition coefficient (Wildman–Crippen LogP) is 1.63. The first kappa shape index (κ1) is 18.1. The molecule has 0 radical (unpaired) electrons. The Bertz CT molecular complexity index is 572. The molecule has 2 aliphatic rings. The molecule has 2 aliphatic heterocycles. The Morgan fingerprint density at radius 3 is 2.92 bits per heavy atom. The largest absolute Gasteiger partial charge is 0.378 e. The minimum absolute atomic E-state index is 0.0718. The molecular weight excluding hydrogens is 316 g/mol. The predicted molar refractivity (Wildman–Crippen MR) is 99.0 cm³/mol. The Morgan fingerprint density at radius 2 is 2.16 bits per heavy atom. The fourth-order valence-corrected chi connectivity index (χ4v) is 3.65. The number of anilines is 1. The van der Waals surface area contributed by atoms with Gasteiger partial charge in [-0.25, -0.2) is 0 Å². The summed E-state index contributed by atoms with van der Waals surface area (Å²) in [5.74, 6) is 1.17. The van der Waals surface area contributed by atoms with E-state index in [1.54, 1.807) is 6.20 Å². The van der Waals surface area contributed by atoms with Gasteiger partial charge in [0.1, 0.15) is 5.69 Å². The molecule has 1 aromatic heterocycles. The summed E-state index contributed by atoms with van der Waals surface area (Å²) in [6.07, 6.45) is 2.88. The lowest BCUT2D eigenvalue weighted by atomic mass is 10.1. The lowest BCUT2D eigenvalue weighted by Gasteiger charge is -2.28. The fraction of sp³-hybridized carbons (Fsp3) is 0.684. The summed E-state index contributed by atoms with van der Waals surface area (Å²) < 4.78 is 5.39. The Labute approximate surface area is 150 Å². The second-order valence-electron chi connectivity index (χ2n) is 7.52. The van der Waals surface area contributed by atoms with Crippen LogP contribution in [0, 0.1) is 11.8 Å². The molecule has 6 heteroatoms.